The molecule has 0 atom stereocenters. The van der Waals surface area contributed by atoms with Gasteiger partial charge in [0.1, 0.15) is 5.76 Å². The number of carbonyl (C=O) groups is 1. The number of nitrogens with zero attached hydrogens (tertiary/aromatic N) is 4. The monoisotopic (exact) mass is 391 g/mol. The average Bonchev–Trinajstić information content (AvgIpc) is 3.27. The molecular weight excluding hydrogens is 370 g/mol. The normalized spacial score (nSPS) is 11.2. The topological polar surface area (TPSA) is 85.3 Å². The van der Waals surface area contributed by atoms with Crippen LogP contribution in [0.2, 0.25) is 0 Å². The molecule has 7 nitrogen and oxygen atoms in total. The summed E-state index contributed by atoms with van der Waals surface area (Å²) in [5.41, 5.74) is 2.62. The van der Waals surface area contributed by atoms with Crippen molar-refractivity contribution < 1.29 is 9.21 Å². The van der Waals surface area contributed by atoms with Crippen LogP contribution >= 0.6 is 23.5 Å². The van der Waals surface area contributed by atoms with Crippen LogP contribution in [0.3, 0.4) is 0 Å². The van der Waals surface area contributed by atoms with Crippen molar-refractivity contribution in [3.63, 3.8) is 0 Å². The second-order valence-corrected chi connectivity index (χ2v) is 7.61. The first-order valence-corrected chi connectivity index (χ1v) is 10.6. The number of hydrogen-bond donors (Lipinski definition) is 1. The van der Waals surface area contributed by atoms with Crippen molar-refractivity contribution in [3.8, 4) is 0 Å². The van der Waals surface area contributed by atoms with Gasteiger partial charge in [-0.15, -0.1) is 5.10 Å². The molecule has 0 aliphatic rings. The molecule has 0 fully saturated rings. The third-order valence-corrected chi connectivity index (χ3v) is 5.46. The highest BCUT2D eigenvalue weighted by Gasteiger charge is 2.15. The molecule has 3 rings (SSSR count). The molecule has 0 spiro atoms. The van der Waals surface area contributed by atoms with Crippen LogP contribution in [0.5, 0.6) is 0 Å². The summed E-state index contributed by atoms with van der Waals surface area (Å²) in [6.45, 7) is 4.47. The van der Waals surface area contributed by atoms with E-state index in [9.17, 15) is 4.79 Å². The molecule has 0 aliphatic carbocycles. The predicted molar refractivity (Wildman–Crippen MR) is 104 cm³/mol. The van der Waals surface area contributed by atoms with Crippen molar-refractivity contribution in [1.29, 1.82) is 0 Å². The van der Waals surface area contributed by atoms with Gasteiger partial charge in [0, 0.05) is 29.2 Å². The SMILES string of the molecule is CSc1nc2nc(C)c(CC(=O)NCCSCc3ccco3)c(C)n2n1. The minimum atomic E-state index is -0.0128. The lowest BCUT2D eigenvalue weighted by atomic mass is 10.1. The third kappa shape index (κ3) is 4.39. The maximum absolute atomic E-state index is 12.3. The Kier molecular flexibility index (Phi) is 6.20. The van der Waals surface area contributed by atoms with Crippen LogP contribution in [0.15, 0.2) is 28.0 Å². The summed E-state index contributed by atoms with van der Waals surface area (Å²) in [5, 5.41) is 8.05. The lowest BCUT2D eigenvalue weighted by Gasteiger charge is -2.10. The fourth-order valence-electron chi connectivity index (χ4n) is 2.59. The summed E-state index contributed by atoms with van der Waals surface area (Å²) in [5.74, 6) is 3.15. The fourth-order valence-corrected chi connectivity index (χ4v) is 3.68. The van der Waals surface area contributed by atoms with Gasteiger partial charge in [0.25, 0.3) is 5.78 Å². The van der Waals surface area contributed by atoms with E-state index in [1.54, 1.807) is 22.5 Å². The molecule has 3 aromatic heterocycles. The minimum absolute atomic E-state index is 0.0128. The van der Waals surface area contributed by atoms with Crippen LogP contribution < -0.4 is 5.32 Å². The van der Waals surface area contributed by atoms with Crippen LogP contribution in [-0.4, -0.2) is 44.0 Å². The molecule has 1 amide bonds. The van der Waals surface area contributed by atoms with Gasteiger partial charge in [-0.05, 0) is 32.2 Å². The van der Waals surface area contributed by atoms with E-state index in [1.165, 1.54) is 11.8 Å². The molecule has 3 heterocycles. The van der Waals surface area contributed by atoms with Crippen LogP contribution in [0.25, 0.3) is 5.78 Å². The number of hydrogen-bond acceptors (Lipinski definition) is 7. The summed E-state index contributed by atoms with van der Waals surface area (Å²) >= 11 is 3.20. The molecule has 9 heteroatoms. The van der Waals surface area contributed by atoms with E-state index in [1.807, 2.05) is 32.2 Å². The Hall–Kier alpha value is -2.00. The molecule has 138 valence electrons. The van der Waals surface area contributed by atoms with E-state index in [4.69, 9.17) is 4.42 Å². The van der Waals surface area contributed by atoms with Crippen molar-refractivity contribution >= 4 is 35.2 Å². The van der Waals surface area contributed by atoms with E-state index >= 15 is 0 Å². The molecule has 0 radical (unpaired) electrons. The van der Waals surface area contributed by atoms with E-state index in [0.29, 0.717) is 17.5 Å². The van der Waals surface area contributed by atoms with Gasteiger partial charge in [0.15, 0.2) is 0 Å². The van der Waals surface area contributed by atoms with Crippen molar-refractivity contribution in [1.82, 2.24) is 24.9 Å². The highest BCUT2D eigenvalue weighted by molar-refractivity contribution is 7.98. The predicted octanol–water partition coefficient (Wildman–Crippen LogP) is 2.65. The summed E-state index contributed by atoms with van der Waals surface area (Å²) in [6, 6.07) is 3.83. The lowest BCUT2D eigenvalue weighted by Crippen LogP contribution is -2.28. The molecule has 0 aromatic carbocycles. The third-order valence-electron chi connectivity index (χ3n) is 3.94. The second kappa shape index (κ2) is 8.59. The van der Waals surface area contributed by atoms with E-state index in [2.05, 4.69) is 20.4 Å². The molecule has 0 saturated carbocycles. The highest BCUT2D eigenvalue weighted by atomic mass is 32.2. The number of amides is 1. The summed E-state index contributed by atoms with van der Waals surface area (Å²) in [7, 11) is 0. The molecular formula is C17H21N5O2S2. The summed E-state index contributed by atoms with van der Waals surface area (Å²) in [4.78, 5) is 21.1. The Labute approximate surface area is 160 Å². The van der Waals surface area contributed by atoms with Gasteiger partial charge < -0.3 is 9.73 Å². The molecule has 0 saturated heterocycles. The Morgan fingerprint density at radius 1 is 1.35 bits per heavy atom. The van der Waals surface area contributed by atoms with Gasteiger partial charge in [0.05, 0.1) is 18.4 Å². The largest absolute Gasteiger partial charge is 0.468 e. The first-order valence-electron chi connectivity index (χ1n) is 8.22. The summed E-state index contributed by atoms with van der Waals surface area (Å²) in [6.07, 6.45) is 3.89. The quantitative estimate of drug-likeness (QED) is 0.467. The van der Waals surface area contributed by atoms with E-state index < -0.39 is 0 Å². The molecule has 26 heavy (non-hydrogen) atoms. The van der Waals surface area contributed by atoms with Crippen LogP contribution in [0.4, 0.5) is 0 Å². The maximum atomic E-state index is 12.3. The zero-order chi connectivity index (χ0) is 18.5. The zero-order valence-electron chi connectivity index (χ0n) is 15.0. The van der Waals surface area contributed by atoms with Crippen LogP contribution in [-0.2, 0) is 17.0 Å². The van der Waals surface area contributed by atoms with Crippen molar-refractivity contribution in [2.75, 3.05) is 18.6 Å². The number of fused-ring (bicyclic) bond motifs is 1. The van der Waals surface area contributed by atoms with E-state index in [0.717, 1.165) is 34.2 Å². The molecule has 0 unspecified atom stereocenters. The number of furan rings is 1. The first-order chi connectivity index (χ1) is 12.6. The number of aryl methyl sites for hydroxylation is 2. The zero-order valence-corrected chi connectivity index (χ0v) is 16.6. The van der Waals surface area contributed by atoms with Crippen molar-refractivity contribution in [2.24, 2.45) is 0 Å². The summed E-state index contributed by atoms with van der Waals surface area (Å²) < 4.78 is 6.99. The number of carbonyl (C=O) groups excluding carboxylic acids is 1. The van der Waals surface area contributed by atoms with Crippen LogP contribution in [0.1, 0.15) is 22.7 Å². The van der Waals surface area contributed by atoms with Crippen molar-refractivity contribution in [2.45, 2.75) is 31.2 Å². The maximum Gasteiger partial charge on any atom is 0.253 e. The van der Waals surface area contributed by atoms with Crippen LogP contribution in [0, 0.1) is 13.8 Å². The van der Waals surface area contributed by atoms with E-state index in [-0.39, 0.29) is 12.3 Å². The van der Waals surface area contributed by atoms with Gasteiger partial charge in [-0.2, -0.15) is 16.7 Å². The van der Waals surface area contributed by atoms with Gasteiger partial charge in [-0.1, -0.05) is 11.8 Å². The average molecular weight is 392 g/mol. The number of thioether (sulfide) groups is 2. The number of aromatic nitrogens is 4. The standard InChI is InChI=1S/C17H21N5O2S2/c1-11-14(12(2)22-16(19-11)20-17(21-22)25-3)9-15(23)18-6-8-26-10-13-5-4-7-24-13/h4-5,7H,6,8-10H2,1-3H3,(H,18,23). The van der Waals surface area contributed by atoms with Gasteiger partial charge in [0.2, 0.25) is 11.1 Å². The minimum Gasteiger partial charge on any atom is -0.468 e. The Bertz CT molecular complexity index is 892. The molecule has 0 bridgehead atoms. The first kappa shape index (κ1) is 18.8. The lowest BCUT2D eigenvalue weighted by molar-refractivity contribution is -0.120. The second-order valence-electron chi connectivity index (χ2n) is 5.73. The Balaban J connectivity index is 1.55. The molecule has 0 aliphatic heterocycles. The van der Waals surface area contributed by atoms with Crippen molar-refractivity contribution in [3.05, 3.63) is 41.1 Å². The van der Waals surface area contributed by atoms with Gasteiger partial charge >= 0.3 is 0 Å². The highest BCUT2D eigenvalue weighted by Crippen LogP contribution is 2.17. The molecule has 3 aromatic rings. The Morgan fingerprint density at radius 2 is 2.19 bits per heavy atom. The molecule has 1 N–H and O–H groups in total. The number of nitrogens with one attached hydrogen (secondary N) is 1. The van der Waals surface area contributed by atoms with Gasteiger partial charge in [-0.25, -0.2) is 9.50 Å². The number of rotatable bonds is 8. The van der Waals surface area contributed by atoms with Gasteiger partial charge in [-0.3, -0.25) is 4.79 Å². The smallest absolute Gasteiger partial charge is 0.253 e. The fraction of sp³-hybridized carbons (Fsp3) is 0.412. The Morgan fingerprint density at radius 3 is 2.92 bits per heavy atom.